The van der Waals surface area contributed by atoms with Crippen molar-refractivity contribution in [2.24, 2.45) is 7.05 Å². The Morgan fingerprint density at radius 1 is 1.25 bits per heavy atom. The third-order valence-corrected chi connectivity index (χ3v) is 4.16. The van der Waals surface area contributed by atoms with Gasteiger partial charge in [-0.25, -0.2) is 4.98 Å². The number of pyridine rings is 2. The predicted octanol–water partition coefficient (Wildman–Crippen LogP) is 2.75. The number of halogens is 1. The molecule has 0 aliphatic carbocycles. The molecule has 3 aromatic rings. The van der Waals surface area contributed by atoms with Crippen LogP contribution in [0.15, 0.2) is 47.4 Å². The zero-order valence-electron chi connectivity index (χ0n) is 13.1. The summed E-state index contributed by atoms with van der Waals surface area (Å²) in [4.78, 5) is 16.5. The summed E-state index contributed by atoms with van der Waals surface area (Å²) in [6.07, 6.45) is 1.63. The van der Waals surface area contributed by atoms with Crippen molar-refractivity contribution in [3.8, 4) is 6.07 Å². The van der Waals surface area contributed by atoms with Crippen LogP contribution in [0.5, 0.6) is 0 Å². The molecule has 0 radical (unpaired) electrons. The molecule has 6 heteroatoms. The molecule has 0 amide bonds. The van der Waals surface area contributed by atoms with E-state index in [0.29, 0.717) is 34.9 Å². The quantitative estimate of drug-likeness (QED) is 0.742. The van der Waals surface area contributed by atoms with Crippen LogP contribution < -0.4 is 10.9 Å². The van der Waals surface area contributed by atoms with Gasteiger partial charge < -0.3 is 9.88 Å². The molecule has 0 aliphatic rings. The number of nitrogens with zero attached hydrogens (tertiary/aromatic N) is 3. The van der Waals surface area contributed by atoms with Gasteiger partial charge in [-0.2, -0.15) is 5.26 Å². The molecule has 0 saturated heterocycles. The van der Waals surface area contributed by atoms with Crippen LogP contribution >= 0.6 is 11.6 Å². The second kappa shape index (κ2) is 6.83. The van der Waals surface area contributed by atoms with Crippen LogP contribution in [0, 0.1) is 11.3 Å². The summed E-state index contributed by atoms with van der Waals surface area (Å²) in [6.45, 7) is 1.06. The molecule has 1 N–H and O–H groups in total. The number of aryl methyl sites for hydroxylation is 1. The average Bonchev–Trinajstić information content (AvgIpc) is 2.59. The first-order chi connectivity index (χ1) is 11.6. The molecular weight excluding hydrogens is 324 g/mol. The molecule has 2 heterocycles. The van der Waals surface area contributed by atoms with Gasteiger partial charge in [-0.1, -0.05) is 23.7 Å². The van der Waals surface area contributed by atoms with E-state index < -0.39 is 0 Å². The molecule has 120 valence electrons. The van der Waals surface area contributed by atoms with E-state index in [2.05, 4.69) is 16.4 Å². The van der Waals surface area contributed by atoms with Gasteiger partial charge in [0.15, 0.2) is 5.15 Å². The van der Waals surface area contributed by atoms with Gasteiger partial charge in [0.1, 0.15) is 0 Å². The maximum absolute atomic E-state index is 12.5. The lowest BCUT2D eigenvalue weighted by atomic mass is 10.1. The van der Waals surface area contributed by atoms with Gasteiger partial charge in [-0.15, -0.1) is 0 Å². The van der Waals surface area contributed by atoms with E-state index in [-0.39, 0.29) is 5.56 Å². The number of hydrogen-bond acceptors (Lipinski definition) is 4. The fraction of sp³-hybridized carbons (Fsp3) is 0.167. The number of fused-ring (bicyclic) bond motifs is 1. The summed E-state index contributed by atoms with van der Waals surface area (Å²) in [5.41, 5.74) is 2.90. The highest BCUT2D eigenvalue weighted by Crippen LogP contribution is 2.19. The lowest BCUT2D eigenvalue weighted by molar-refractivity contribution is 0.682. The Labute approximate surface area is 144 Å². The molecule has 0 saturated carbocycles. The maximum Gasteiger partial charge on any atom is 0.255 e. The maximum atomic E-state index is 12.5. The van der Waals surface area contributed by atoms with E-state index in [9.17, 15) is 4.79 Å². The Bertz CT molecular complexity index is 987. The van der Waals surface area contributed by atoms with Crippen LogP contribution in [0.25, 0.3) is 10.9 Å². The van der Waals surface area contributed by atoms with Crippen LogP contribution in [-0.4, -0.2) is 9.55 Å². The standard InChI is InChI=1S/C18H15ClN4O/c1-23-16-14(6-7-22-17(16)19)8-15(18(23)24)11-21-10-13-4-2-12(9-20)3-5-13/h2-8,21H,10-11H2,1H3. The molecular formula is C18H15ClN4O. The Balaban J connectivity index is 1.79. The van der Waals surface area contributed by atoms with E-state index in [4.69, 9.17) is 16.9 Å². The number of hydrogen-bond donors (Lipinski definition) is 1. The van der Waals surface area contributed by atoms with Crippen LogP contribution in [0.4, 0.5) is 0 Å². The van der Waals surface area contributed by atoms with Crippen LogP contribution in [0.2, 0.25) is 5.15 Å². The van der Waals surface area contributed by atoms with Crippen molar-refractivity contribution in [2.75, 3.05) is 0 Å². The minimum Gasteiger partial charge on any atom is -0.308 e. The van der Waals surface area contributed by atoms with E-state index in [1.54, 1.807) is 25.4 Å². The van der Waals surface area contributed by atoms with E-state index >= 15 is 0 Å². The fourth-order valence-corrected chi connectivity index (χ4v) is 2.91. The number of aromatic nitrogens is 2. The van der Waals surface area contributed by atoms with Crippen molar-refractivity contribution < 1.29 is 0 Å². The minimum atomic E-state index is -0.0928. The molecule has 0 atom stereocenters. The number of nitriles is 1. The van der Waals surface area contributed by atoms with Crippen LogP contribution in [0.1, 0.15) is 16.7 Å². The summed E-state index contributed by atoms with van der Waals surface area (Å²) >= 11 is 6.09. The van der Waals surface area contributed by atoms with Crippen molar-refractivity contribution in [3.63, 3.8) is 0 Å². The van der Waals surface area contributed by atoms with Gasteiger partial charge in [0, 0.05) is 37.3 Å². The first kappa shape index (κ1) is 16.2. The van der Waals surface area contributed by atoms with Crippen molar-refractivity contribution in [1.29, 1.82) is 5.26 Å². The number of rotatable bonds is 4. The Morgan fingerprint density at radius 2 is 2.00 bits per heavy atom. The average molecular weight is 339 g/mol. The Morgan fingerprint density at radius 3 is 2.71 bits per heavy atom. The highest BCUT2D eigenvalue weighted by Gasteiger charge is 2.09. The molecule has 0 spiro atoms. The number of benzene rings is 1. The largest absolute Gasteiger partial charge is 0.308 e. The third kappa shape index (κ3) is 3.16. The normalized spacial score (nSPS) is 10.7. The monoisotopic (exact) mass is 338 g/mol. The molecule has 1 aromatic carbocycles. The topological polar surface area (TPSA) is 70.7 Å². The van der Waals surface area contributed by atoms with Crippen LogP contribution in [0.3, 0.4) is 0 Å². The van der Waals surface area contributed by atoms with Crippen molar-refractivity contribution in [1.82, 2.24) is 14.9 Å². The zero-order chi connectivity index (χ0) is 17.1. The first-order valence-electron chi connectivity index (χ1n) is 7.43. The highest BCUT2D eigenvalue weighted by molar-refractivity contribution is 6.33. The second-order valence-electron chi connectivity index (χ2n) is 5.49. The molecule has 2 aromatic heterocycles. The van der Waals surface area contributed by atoms with Gasteiger partial charge in [0.05, 0.1) is 17.1 Å². The molecule has 0 unspecified atom stereocenters. The Hall–Kier alpha value is -2.68. The molecule has 0 fully saturated rings. The van der Waals surface area contributed by atoms with Gasteiger partial charge in [0.25, 0.3) is 5.56 Å². The summed E-state index contributed by atoms with van der Waals surface area (Å²) in [5, 5.41) is 13.3. The molecule has 0 aliphatic heterocycles. The molecule has 3 rings (SSSR count). The van der Waals surface area contributed by atoms with Gasteiger partial charge >= 0.3 is 0 Å². The van der Waals surface area contributed by atoms with Gasteiger partial charge in [0.2, 0.25) is 0 Å². The molecule has 24 heavy (non-hydrogen) atoms. The lowest BCUT2D eigenvalue weighted by Crippen LogP contribution is -2.25. The van der Waals surface area contributed by atoms with Crippen molar-refractivity contribution in [2.45, 2.75) is 13.1 Å². The van der Waals surface area contributed by atoms with E-state index in [1.807, 2.05) is 24.3 Å². The fourth-order valence-electron chi connectivity index (χ4n) is 2.62. The minimum absolute atomic E-state index is 0.0928. The predicted molar refractivity (Wildman–Crippen MR) is 93.7 cm³/mol. The first-order valence-corrected chi connectivity index (χ1v) is 7.81. The second-order valence-corrected chi connectivity index (χ2v) is 5.84. The van der Waals surface area contributed by atoms with E-state index in [0.717, 1.165) is 10.9 Å². The van der Waals surface area contributed by atoms with Gasteiger partial charge in [-0.05, 0) is 29.8 Å². The third-order valence-electron chi connectivity index (χ3n) is 3.88. The summed E-state index contributed by atoms with van der Waals surface area (Å²) in [5.74, 6) is 0. The van der Waals surface area contributed by atoms with Gasteiger partial charge in [-0.3, -0.25) is 4.79 Å². The van der Waals surface area contributed by atoms with Crippen LogP contribution in [-0.2, 0) is 20.1 Å². The SMILES string of the molecule is Cn1c(=O)c(CNCc2ccc(C#N)cc2)cc2ccnc(Cl)c21. The van der Waals surface area contributed by atoms with E-state index in [1.165, 1.54) is 4.57 Å². The Kier molecular flexibility index (Phi) is 4.61. The van der Waals surface area contributed by atoms with Crippen molar-refractivity contribution in [3.05, 3.63) is 74.8 Å². The summed E-state index contributed by atoms with van der Waals surface area (Å²) in [7, 11) is 1.70. The summed E-state index contributed by atoms with van der Waals surface area (Å²) in [6, 6.07) is 13.1. The molecule has 0 bridgehead atoms. The number of nitrogens with one attached hydrogen (secondary N) is 1. The zero-order valence-corrected chi connectivity index (χ0v) is 13.8. The van der Waals surface area contributed by atoms with Crippen molar-refractivity contribution >= 4 is 22.5 Å². The highest BCUT2D eigenvalue weighted by atomic mass is 35.5. The lowest BCUT2D eigenvalue weighted by Gasteiger charge is -2.10. The smallest absolute Gasteiger partial charge is 0.255 e. The summed E-state index contributed by atoms with van der Waals surface area (Å²) < 4.78 is 1.53. The molecule has 5 nitrogen and oxygen atoms in total.